The number of allylic oxidation sites excluding steroid dienone is 1. The molecule has 0 radical (unpaired) electrons. The average Bonchev–Trinajstić information content (AvgIpc) is 2.62. The van der Waals surface area contributed by atoms with Gasteiger partial charge in [-0.05, 0) is 33.3 Å². The largest absolute Gasteiger partial charge is 0.342 e. The van der Waals surface area contributed by atoms with Crippen LogP contribution in [0.4, 0.5) is 8.78 Å². The molecule has 0 aliphatic heterocycles. The van der Waals surface area contributed by atoms with Crippen molar-refractivity contribution in [2.24, 2.45) is 4.99 Å². The Kier molecular flexibility index (Phi) is 14.6. The minimum atomic E-state index is -1.07. The molecule has 1 rings (SSSR count). The van der Waals surface area contributed by atoms with Gasteiger partial charge >= 0.3 is 0 Å². The van der Waals surface area contributed by atoms with Crippen molar-refractivity contribution in [3.8, 4) is 12.8 Å². The number of hydrogen-bond acceptors (Lipinski definition) is 3. The zero-order chi connectivity index (χ0) is 22.3. The minimum absolute atomic E-state index is 0.309. The van der Waals surface area contributed by atoms with Crippen molar-refractivity contribution in [1.29, 1.82) is 0 Å². The van der Waals surface area contributed by atoms with Gasteiger partial charge in [-0.2, -0.15) is 13.8 Å². The second-order valence-corrected chi connectivity index (χ2v) is 8.62. The lowest BCUT2D eigenvalue weighted by Crippen LogP contribution is -2.23. The van der Waals surface area contributed by atoms with Crippen LogP contribution in [0.25, 0.3) is 6.08 Å². The van der Waals surface area contributed by atoms with Crippen LogP contribution in [0, 0.1) is 24.7 Å². The van der Waals surface area contributed by atoms with E-state index in [1.54, 1.807) is 36.6 Å². The van der Waals surface area contributed by atoms with Gasteiger partial charge in [0.25, 0.3) is 0 Å². The lowest BCUT2D eigenvalue weighted by Gasteiger charge is -2.19. The fraction of sp³-hybridized carbons (Fsp3) is 0.429. The maximum atomic E-state index is 12.9. The molecule has 0 aliphatic carbocycles. The SMILES string of the molecule is C#C.C/C(=C\N(C)C=NC/C=C/c1cc(F)nc(F)c1)S(=O)C(C)(C)C.CC. The van der Waals surface area contributed by atoms with E-state index in [2.05, 4.69) is 22.8 Å². The first-order valence-corrected chi connectivity index (χ1v) is 9.89. The molecule has 0 amide bonds. The highest BCUT2D eigenvalue weighted by atomic mass is 32.2. The molecule has 1 atom stereocenters. The topological polar surface area (TPSA) is 45.6 Å². The van der Waals surface area contributed by atoms with Crippen LogP contribution in [0.15, 0.2) is 34.3 Å². The molecule has 1 aromatic rings. The monoisotopic (exact) mass is 411 g/mol. The van der Waals surface area contributed by atoms with Crippen molar-refractivity contribution in [2.75, 3.05) is 13.6 Å². The molecule has 1 aromatic heterocycles. The molecule has 0 aliphatic rings. The third kappa shape index (κ3) is 12.1. The van der Waals surface area contributed by atoms with Gasteiger partial charge in [-0.15, -0.1) is 12.8 Å². The molecule has 0 saturated carbocycles. The van der Waals surface area contributed by atoms with Crippen molar-refractivity contribution in [3.63, 3.8) is 0 Å². The zero-order valence-corrected chi connectivity index (χ0v) is 18.6. The van der Waals surface area contributed by atoms with Crippen LogP contribution in [-0.2, 0) is 10.8 Å². The first-order chi connectivity index (χ1) is 13.1. The van der Waals surface area contributed by atoms with Crippen LogP contribution < -0.4 is 0 Å². The van der Waals surface area contributed by atoms with Gasteiger partial charge in [0, 0.05) is 35.0 Å². The number of hydrogen-bond donors (Lipinski definition) is 0. The third-order valence-electron chi connectivity index (χ3n) is 2.80. The number of pyridine rings is 1. The van der Waals surface area contributed by atoms with E-state index in [1.807, 2.05) is 41.5 Å². The predicted molar refractivity (Wildman–Crippen MR) is 117 cm³/mol. The molecule has 0 bridgehead atoms. The number of aromatic nitrogens is 1. The summed E-state index contributed by atoms with van der Waals surface area (Å²) in [6.45, 7) is 11.9. The summed E-state index contributed by atoms with van der Waals surface area (Å²) in [5, 5.41) is 0. The Bertz CT molecular complexity index is 700. The molecular weight excluding hydrogens is 380 g/mol. The smallest absolute Gasteiger partial charge is 0.216 e. The number of nitrogens with zero attached hydrogens (tertiary/aromatic N) is 3. The first kappa shape index (κ1) is 27.9. The van der Waals surface area contributed by atoms with E-state index in [-0.39, 0.29) is 4.75 Å². The molecule has 1 unspecified atom stereocenters. The van der Waals surface area contributed by atoms with Gasteiger partial charge in [-0.25, -0.2) is 0 Å². The molecule has 0 saturated heterocycles. The van der Waals surface area contributed by atoms with Crippen molar-refractivity contribution in [2.45, 2.75) is 46.3 Å². The summed E-state index contributed by atoms with van der Waals surface area (Å²) in [6, 6.07) is 2.28. The Morgan fingerprint density at radius 3 is 2.21 bits per heavy atom. The molecule has 0 aromatic carbocycles. The predicted octanol–water partition coefficient (Wildman–Crippen LogP) is 5.02. The average molecular weight is 412 g/mol. The second kappa shape index (κ2) is 14.7. The van der Waals surface area contributed by atoms with Gasteiger partial charge in [0.15, 0.2) is 0 Å². The van der Waals surface area contributed by atoms with E-state index in [9.17, 15) is 13.0 Å². The van der Waals surface area contributed by atoms with Crippen molar-refractivity contribution in [3.05, 3.63) is 46.8 Å². The van der Waals surface area contributed by atoms with Crippen LogP contribution >= 0.6 is 0 Å². The van der Waals surface area contributed by atoms with Gasteiger partial charge in [0.2, 0.25) is 11.9 Å². The molecule has 0 fully saturated rings. The Labute approximate surface area is 170 Å². The quantitative estimate of drug-likeness (QED) is 0.286. The van der Waals surface area contributed by atoms with Gasteiger partial charge < -0.3 is 4.90 Å². The normalized spacial score (nSPS) is 12.8. The summed E-state index contributed by atoms with van der Waals surface area (Å²) in [7, 11) is 0.722. The summed E-state index contributed by atoms with van der Waals surface area (Å²) in [5.41, 5.74) is 0.389. The van der Waals surface area contributed by atoms with Crippen LogP contribution in [-0.4, -0.2) is 38.8 Å². The minimum Gasteiger partial charge on any atom is -0.342 e. The Hall–Kier alpha value is -2.33. The zero-order valence-electron chi connectivity index (χ0n) is 17.7. The first-order valence-electron chi connectivity index (χ1n) is 8.75. The molecule has 4 nitrogen and oxygen atoms in total. The van der Waals surface area contributed by atoms with Crippen LogP contribution in [0.3, 0.4) is 0 Å². The van der Waals surface area contributed by atoms with Crippen molar-refractivity contribution >= 4 is 23.2 Å². The van der Waals surface area contributed by atoms with E-state index in [0.717, 1.165) is 17.0 Å². The van der Waals surface area contributed by atoms with Gasteiger partial charge in [-0.1, -0.05) is 26.0 Å². The van der Waals surface area contributed by atoms with Crippen LogP contribution in [0.2, 0.25) is 0 Å². The van der Waals surface area contributed by atoms with Gasteiger partial charge in [0.1, 0.15) is 0 Å². The Morgan fingerprint density at radius 1 is 1.25 bits per heavy atom. The van der Waals surface area contributed by atoms with E-state index >= 15 is 0 Å². The Balaban J connectivity index is 0. The number of aliphatic imine (C=N–C) groups is 1. The van der Waals surface area contributed by atoms with E-state index < -0.39 is 22.7 Å². The second-order valence-electron chi connectivity index (χ2n) is 6.22. The molecule has 7 heteroatoms. The van der Waals surface area contributed by atoms with Crippen molar-refractivity contribution < 1.29 is 13.0 Å². The maximum absolute atomic E-state index is 12.9. The molecule has 0 spiro atoms. The fourth-order valence-electron chi connectivity index (χ4n) is 1.86. The Morgan fingerprint density at radius 2 is 1.75 bits per heavy atom. The van der Waals surface area contributed by atoms with E-state index in [4.69, 9.17) is 0 Å². The van der Waals surface area contributed by atoms with Crippen molar-refractivity contribution in [1.82, 2.24) is 9.88 Å². The summed E-state index contributed by atoms with van der Waals surface area (Å²) < 4.78 is 37.7. The van der Waals surface area contributed by atoms with E-state index in [0.29, 0.717) is 12.1 Å². The van der Waals surface area contributed by atoms with Crippen LogP contribution in [0.5, 0.6) is 0 Å². The number of terminal acetylenes is 1. The highest BCUT2D eigenvalue weighted by molar-refractivity contribution is 7.90. The lowest BCUT2D eigenvalue weighted by atomic mass is 10.2. The van der Waals surface area contributed by atoms with Crippen LogP contribution in [0.1, 0.15) is 47.1 Å². The van der Waals surface area contributed by atoms with E-state index in [1.165, 1.54) is 0 Å². The summed E-state index contributed by atoms with van der Waals surface area (Å²) >= 11 is 0. The molecule has 0 N–H and O–H groups in total. The molecule has 156 valence electrons. The summed E-state index contributed by atoms with van der Waals surface area (Å²) in [6.07, 6.45) is 14.6. The highest BCUT2D eigenvalue weighted by Gasteiger charge is 2.20. The molecule has 28 heavy (non-hydrogen) atoms. The number of rotatable bonds is 6. The standard InChI is InChI=1S/C17H23F2N3OS.C2H6.C2H2/c1-13(24(23)17(2,3)4)11-22(5)12-20-8-6-7-14-9-15(18)21-16(19)10-14;2*1-2/h6-7,9-12H,8H2,1-5H3;1-2H3;1-2H/b7-6+,13-11+,20-12?;;. The summed E-state index contributed by atoms with van der Waals surface area (Å²) in [4.78, 5) is 9.68. The third-order valence-corrected chi connectivity index (χ3v) is 4.61. The summed E-state index contributed by atoms with van der Waals surface area (Å²) in [5.74, 6) is -1.71. The molecular formula is C21H31F2N3OS. The maximum Gasteiger partial charge on any atom is 0.216 e. The van der Waals surface area contributed by atoms with Gasteiger partial charge in [0.05, 0.1) is 23.7 Å². The number of halogens is 2. The lowest BCUT2D eigenvalue weighted by molar-refractivity contribution is 0.512. The highest BCUT2D eigenvalue weighted by Crippen LogP contribution is 2.18. The molecule has 1 heterocycles. The fourth-order valence-corrected chi connectivity index (χ4v) is 3.08. The van der Waals surface area contributed by atoms with Gasteiger partial charge in [-0.3, -0.25) is 9.20 Å².